The molecule has 0 spiro atoms. The molecule has 2 aromatic heterocycles. The third kappa shape index (κ3) is 3.95. The van der Waals surface area contributed by atoms with E-state index in [1.807, 2.05) is 35.2 Å². The number of rotatable bonds is 4. The number of aromatic nitrogens is 3. The van der Waals surface area contributed by atoms with Crippen molar-refractivity contribution in [1.29, 1.82) is 0 Å². The third-order valence-corrected chi connectivity index (χ3v) is 5.26. The Morgan fingerprint density at radius 2 is 1.86 bits per heavy atom. The first-order chi connectivity index (χ1) is 14.2. The van der Waals surface area contributed by atoms with Crippen LogP contribution in [0.3, 0.4) is 0 Å². The summed E-state index contributed by atoms with van der Waals surface area (Å²) in [6.45, 7) is 2.01. The fraction of sp³-hybridized carbons (Fsp3) is 0.273. The number of nitrogens with zero attached hydrogens (tertiary/aromatic N) is 5. The summed E-state index contributed by atoms with van der Waals surface area (Å²) in [5.74, 6) is 0.763. The molecule has 3 heterocycles. The lowest BCUT2D eigenvalue weighted by atomic mass is 10.0. The molecule has 3 aromatic rings. The number of pyridine rings is 1. The monoisotopic (exact) mass is 389 g/mol. The number of ether oxygens (including phenoxy) is 1. The first-order valence-electron chi connectivity index (χ1n) is 9.52. The van der Waals surface area contributed by atoms with Crippen LogP contribution in [0.2, 0.25) is 0 Å². The minimum absolute atomic E-state index is 0.0644. The van der Waals surface area contributed by atoms with Gasteiger partial charge < -0.3 is 9.64 Å². The Balaban J connectivity index is 1.58. The van der Waals surface area contributed by atoms with Crippen LogP contribution in [0.25, 0.3) is 11.3 Å². The highest BCUT2D eigenvalue weighted by Crippen LogP contribution is 2.31. The average molecular weight is 389 g/mol. The Morgan fingerprint density at radius 1 is 1.07 bits per heavy atom. The zero-order chi connectivity index (χ0) is 20.2. The van der Waals surface area contributed by atoms with Crippen LogP contribution in [0.15, 0.2) is 61.2 Å². The van der Waals surface area contributed by atoms with Gasteiger partial charge in [-0.3, -0.25) is 9.69 Å². The van der Waals surface area contributed by atoms with Gasteiger partial charge >= 0.3 is 0 Å². The largest absolute Gasteiger partial charge is 0.496 e. The van der Waals surface area contributed by atoms with Crippen molar-refractivity contribution in [3.05, 3.63) is 72.4 Å². The summed E-state index contributed by atoms with van der Waals surface area (Å²) in [4.78, 5) is 29.9. The molecule has 0 radical (unpaired) electrons. The molecular formula is C22H23N5O2. The zero-order valence-corrected chi connectivity index (χ0v) is 16.5. The van der Waals surface area contributed by atoms with Gasteiger partial charge in [0.1, 0.15) is 17.8 Å². The number of carbonyl (C=O) groups excluding carboxylic acids is 1. The van der Waals surface area contributed by atoms with Crippen LogP contribution in [-0.4, -0.2) is 64.5 Å². The zero-order valence-electron chi connectivity index (χ0n) is 16.5. The van der Waals surface area contributed by atoms with Gasteiger partial charge in [0.25, 0.3) is 5.91 Å². The molecule has 1 aromatic carbocycles. The fourth-order valence-electron chi connectivity index (χ4n) is 3.64. The standard InChI is InChI=1S/C22H23N5O2/c1-26-10-11-27(14-20(26)17-6-3-4-9-21(17)29-2)22(28)19-8-5-7-18(25-19)16-12-23-15-24-13-16/h3-9,12-13,15,20H,10-11,14H2,1-2H3/t20-/m1/s1. The van der Waals surface area contributed by atoms with Crippen molar-refractivity contribution in [2.24, 2.45) is 0 Å². The quantitative estimate of drug-likeness (QED) is 0.683. The maximum absolute atomic E-state index is 13.2. The molecule has 1 atom stereocenters. The summed E-state index contributed by atoms with van der Waals surface area (Å²) in [5.41, 5.74) is 2.98. The smallest absolute Gasteiger partial charge is 0.272 e. The molecule has 0 bridgehead atoms. The lowest BCUT2D eigenvalue weighted by Crippen LogP contribution is -2.49. The van der Waals surface area contributed by atoms with E-state index in [1.54, 1.807) is 25.6 Å². The molecule has 1 fully saturated rings. The van der Waals surface area contributed by atoms with Gasteiger partial charge in [0, 0.05) is 43.2 Å². The van der Waals surface area contributed by atoms with Gasteiger partial charge in [-0.25, -0.2) is 15.0 Å². The summed E-state index contributed by atoms with van der Waals surface area (Å²) in [6, 6.07) is 13.5. The first kappa shape index (κ1) is 19.0. The second kappa shape index (κ2) is 8.36. The molecule has 1 amide bonds. The predicted octanol–water partition coefficient (Wildman–Crippen LogP) is 2.68. The van der Waals surface area contributed by atoms with Gasteiger partial charge in [-0.05, 0) is 25.2 Å². The van der Waals surface area contributed by atoms with E-state index in [0.29, 0.717) is 24.5 Å². The summed E-state index contributed by atoms with van der Waals surface area (Å²) in [6.07, 6.45) is 4.86. The molecule has 1 aliphatic rings. The van der Waals surface area contributed by atoms with Crippen LogP contribution in [0.4, 0.5) is 0 Å². The molecule has 0 aliphatic carbocycles. The van der Waals surface area contributed by atoms with Gasteiger partial charge in [-0.2, -0.15) is 0 Å². The topological polar surface area (TPSA) is 71.5 Å². The van der Waals surface area contributed by atoms with E-state index in [-0.39, 0.29) is 11.9 Å². The molecule has 7 nitrogen and oxygen atoms in total. The van der Waals surface area contributed by atoms with E-state index in [2.05, 4.69) is 33.0 Å². The fourth-order valence-corrected chi connectivity index (χ4v) is 3.64. The van der Waals surface area contributed by atoms with Crippen molar-refractivity contribution in [3.8, 4) is 17.0 Å². The number of methoxy groups -OCH3 is 1. The Bertz CT molecular complexity index is 995. The minimum atomic E-state index is -0.0725. The number of carbonyl (C=O) groups is 1. The lowest BCUT2D eigenvalue weighted by Gasteiger charge is -2.40. The van der Waals surface area contributed by atoms with E-state index in [4.69, 9.17) is 4.74 Å². The van der Waals surface area contributed by atoms with Crippen LogP contribution in [-0.2, 0) is 0 Å². The third-order valence-electron chi connectivity index (χ3n) is 5.26. The molecule has 0 N–H and O–H groups in total. The second-order valence-electron chi connectivity index (χ2n) is 7.02. The number of amides is 1. The van der Waals surface area contributed by atoms with E-state index < -0.39 is 0 Å². The maximum Gasteiger partial charge on any atom is 0.272 e. The Hall–Kier alpha value is -3.32. The Labute approximate surface area is 170 Å². The van der Waals surface area contributed by atoms with Crippen molar-refractivity contribution in [3.63, 3.8) is 0 Å². The Kier molecular flexibility index (Phi) is 5.48. The first-order valence-corrected chi connectivity index (χ1v) is 9.52. The molecule has 148 valence electrons. The number of piperazine rings is 1. The summed E-state index contributed by atoms with van der Waals surface area (Å²) in [5, 5.41) is 0. The van der Waals surface area contributed by atoms with E-state index in [0.717, 1.165) is 23.4 Å². The number of likely N-dealkylation sites (N-methyl/N-ethyl adjacent to an activating group) is 1. The maximum atomic E-state index is 13.2. The summed E-state index contributed by atoms with van der Waals surface area (Å²) >= 11 is 0. The van der Waals surface area contributed by atoms with Crippen molar-refractivity contribution < 1.29 is 9.53 Å². The molecular weight excluding hydrogens is 366 g/mol. The van der Waals surface area contributed by atoms with Crippen molar-refractivity contribution in [2.45, 2.75) is 6.04 Å². The van der Waals surface area contributed by atoms with Gasteiger partial charge in [0.05, 0.1) is 18.8 Å². The average Bonchev–Trinajstić information content (AvgIpc) is 2.79. The number of hydrogen-bond donors (Lipinski definition) is 0. The highest BCUT2D eigenvalue weighted by molar-refractivity contribution is 5.93. The number of para-hydroxylation sites is 1. The minimum Gasteiger partial charge on any atom is -0.496 e. The molecule has 7 heteroatoms. The van der Waals surface area contributed by atoms with E-state index in [1.165, 1.54) is 6.33 Å². The normalized spacial score (nSPS) is 17.2. The SMILES string of the molecule is COc1ccccc1[C@H]1CN(C(=O)c2cccc(-c3cncnc3)n2)CCN1C. The molecule has 1 aliphatic heterocycles. The Morgan fingerprint density at radius 3 is 2.66 bits per heavy atom. The molecule has 0 saturated carbocycles. The van der Waals surface area contributed by atoms with Crippen LogP contribution < -0.4 is 4.74 Å². The van der Waals surface area contributed by atoms with Gasteiger partial charge in [0.15, 0.2) is 0 Å². The molecule has 29 heavy (non-hydrogen) atoms. The molecule has 0 unspecified atom stereocenters. The van der Waals surface area contributed by atoms with Crippen LogP contribution in [0, 0.1) is 0 Å². The van der Waals surface area contributed by atoms with Crippen molar-refractivity contribution >= 4 is 5.91 Å². The van der Waals surface area contributed by atoms with Crippen LogP contribution >= 0.6 is 0 Å². The molecule has 4 rings (SSSR count). The second-order valence-corrected chi connectivity index (χ2v) is 7.02. The number of benzene rings is 1. The predicted molar refractivity (Wildman–Crippen MR) is 110 cm³/mol. The molecule has 1 saturated heterocycles. The van der Waals surface area contributed by atoms with Crippen LogP contribution in [0.1, 0.15) is 22.1 Å². The van der Waals surface area contributed by atoms with Gasteiger partial charge in [-0.15, -0.1) is 0 Å². The van der Waals surface area contributed by atoms with Gasteiger partial charge in [-0.1, -0.05) is 24.3 Å². The van der Waals surface area contributed by atoms with Crippen molar-refractivity contribution in [1.82, 2.24) is 24.8 Å². The summed E-state index contributed by atoms with van der Waals surface area (Å²) < 4.78 is 5.54. The highest BCUT2D eigenvalue weighted by atomic mass is 16.5. The van der Waals surface area contributed by atoms with E-state index >= 15 is 0 Å². The van der Waals surface area contributed by atoms with E-state index in [9.17, 15) is 4.79 Å². The highest BCUT2D eigenvalue weighted by Gasteiger charge is 2.31. The van der Waals surface area contributed by atoms with Crippen LogP contribution in [0.5, 0.6) is 5.75 Å². The van der Waals surface area contributed by atoms with Gasteiger partial charge in [0.2, 0.25) is 0 Å². The number of hydrogen-bond acceptors (Lipinski definition) is 6. The van der Waals surface area contributed by atoms with Crippen molar-refractivity contribution in [2.75, 3.05) is 33.8 Å². The summed E-state index contributed by atoms with van der Waals surface area (Å²) in [7, 11) is 3.75. The lowest BCUT2D eigenvalue weighted by molar-refractivity contribution is 0.0537.